The lowest BCUT2D eigenvalue weighted by Crippen LogP contribution is -2.01. The predicted octanol–water partition coefficient (Wildman–Crippen LogP) is 5.15. The summed E-state index contributed by atoms with van der Waals surface area (Å²) in [5, 5.41) is 9.48. The molecule has 0 unspecified atom stereocenters. The highest BCUT2D eigenvalue weighted by Gasteiger charge is 2.09. The average molecular weight is 396 g/mol. The van der Waals surface area contributed by atoms with E-state index in [9.17, 15) is 18.7 Å². The number of phenols is 1. The predicted molar refractivity (Wildman–Crippen MR) is 105 cm³/mol. The highest BCUT2D eigenvalue weighted by molar-refractivity contribution is 6.07. The van der Waals surface area contributed by atoms with E-state index in [-0.39, 0.29) is 23.9 Å². The Hall–Kier alpha value is -3.67. The summed E-state index contributed by atoms with van der Waals surface area (Å²) in [4.78, 5) is 12.2. The Morgan fingerprint density at radius 3 is 2.55 bits per heavy atom. The molecule has 0 heterocycles. The van der Waals surface area contributed by atoms with E-state index >= 15 is 0 Å². The molecule has 0 aromatic heterocycles. The summed E-state index contributed by atoms with van der Waals surface area (Å²) in [5.74, 6) is -1.27. The normalized spacial score (nSPS) is 10.9. The second-order valence-electron chi connectivity index (χ2n) is 6.18. The van der Waals surface area contributed by atoms with Gasteiger partial charge >= 0.3 is 0 Å². The zero-order valence-electron chi connectivity index (χ0n) is 15.6. The van der Waals surface area contributed by atoms with Crippen LogP contribution in [0.2, 0.25) is 0 Å². The molecule has 148 valence electrons. The van der Waals surface area contributed by atoms with Gasteiger partial charge < -0.3 is 14.6 Å². The van der Waals surface area contributed by atoms with Crippen molar-refractivity contribution in [2.75, 3.05) is 7.11 Å². The zero-order chi connectivity index (χ0) is 20.8. The molecular weight excluding hydrogens is 378 g/mol. The topological polar surface area (TPSA) is 55.8 Å². The lowest BCUT2D eigenvalue weighted by molar-refractivity contribution is 0.104. The van der Waals surface area contributed by atoms with Gasteiger partial charge in [0.25, 0.3) is 0 Å². The summed E-state index contributed by atoms with van der Waals surface area (Å²) in [7, 11) is 1.50. The lowest BCUT2D eigenvalue weighted by atomic mass is 10.1. The number of hydrogen-bond donors (Lipinski definition) is 1. The molecule has 3 aromatic carbocycles. The van der Waals surface area contributed by atoms with Gasteiger partial charge in [0.15, 0.2) is 17.3 Å². The molecular formula is C23H18F2O4. The molecule has 0 aliphatic carbocycles. The van der Waals surface area contributed by atoms with Gasteiger partial charge in [-0.1, -0.05) is 24.3 Å². The maximum Gasteiger partial charge on any atom is 0.185 e. The van der Waals surface area contributed by atoms with E-state index in [1.54, 1.807) is 36.4 Å². The van der Waals surface area contributed by atoms with Crippen LogP contribution in [0.25, 0.3) is 6.08 Å². The molecule has 0 atom stereocenters. The SMILES string of the molecule is COc1ccc(/C=C/C(=O)c2cccc(O)c2)cc1COc1ccc(F)cc1F. The van der Waals surface area contributed by atoms with Crippen LogP contribution in [0.5, 0.6) is 17.2 Å². The van der Waals surface area contributed by atoms with Crippen LogP contribution in [0.4, 0.5) is 8.78 Å². The van der Waals surface area contributed by atoms with Crippen LogP contribution in [0, 0.1) is 11.6 Å². The second kappa shape index (κ2) is 9.01. The van der Waals surface area contributed by atoms with E-state index in [2.05, 4.69) is 0 Å². The van der Waals surface area contributed by atoms with Gasteiger partial charge in [0.05, 0.1) is 7.11 Å². The standard InChI is InChI=1S/C23H18F2O4/c1-28-22-9-6-15(5-8-21(27)16-3-2-4-19(26)12-16)11-17(22)14-29-23-10-7-18(24)13-20(23)25/h2-13,26H,14H2,1H3/b8-5+. The number of carbonyl (C=O) groups excluding carboxylic acids is 1. The number of phenolic OH excluding ortho intramolecular Hbond substituents is 1. The average Bonchev–Trinajstić information content (AvgIpc) is 2.71. The van der Waals surface area contributed by atoms with Crippen LogP contribution >= 0.6 is 0 Å². The summed E-state index contributed by atoms with van der Waals surface area (Å²) < 4.78 is 37.5. The zero-order valence-corrected chi connectivity index (χ0v) is 15.6. The van der Waals surface area contributed by atoms with Crippen LogP contribution in [0.3, 0.4) is 0 Å². The van der Waals surface area contributed by atoms with E-state index < -0.39 is 11.6 Å². The number of carbonyl (C=O) groups is 1. The Morgan fingerprint density at radius 1 is 1.03 bits per heavy atom. The molecule has 0 aliphatic heterocycles. The molecule has 3 rings (SSSR count). The minimum Gasteiger partial charge on any atom is -0.508 e. The fraction of sp³-hybridized carbons (Fsp3) is 0.0870. The Bertz CT molecular complexity index is 1060. The van der Waals surface area contributed by atoms with Crippen molar-refractivity contribution in [2.45, 2.75) is 6.61 Å². The Balaban J connectivity index is 1.76. The third-order valence-electron chi connectivity index (χ3n) is 4.14. The largest absolute Gasteiger partial charge is 0.508 e. The first kappa shape index (κ1) is 20.1. The van der Waals surface area contributed by atoms with Gasteiger partial charge in [0.2, 0.25) is 0 Å². The summed E-state index contributed by atoms with van der Waals surface area (Å²) in [6.07, 6.45) is 3.01. The molecule has 0 saturated carbocycles. The van der Waals surface area contributed by atoms with E-state index in [1.165, 1.54) is 31.4 Å². The second-order valence-corrected chi connectivity index (χ2v) is 6.18. The number of rotatable bonds is 7. The number of allylic oxidation sites excluding steroid dienone is 1. The van der Waals surface area contributed by atoms with Gasteiger partial charge in [0, 0.05) is 17.2 Å². The number of benzene rings is 3. The quantitative estimate of drug-likeness (QED) is 0.443. The van der Waals surface area contributed by atoms with Gasteiger partial charge in [-0.3, -0.25) is 4.79 Å². The maximum absolute atomic E-state index is 13.8. The molecule has 0 spiro atoms. The summed E-state index contributed by atoms with van der Waals surface area (Å²) in [6.45, 7) is -0.00604. The molecule has 0 fully saturated rings. The fourth-order valence-electron chi connectivity index (χ4n) is 2.69. The molecule has 1 N–H and O–H groups in total. The molecule has 0 radical (unpaired) electrons. The van der Waals surface area contributed by atoms with Gasteiger partial charge in [-0.25, -0.2) is 8.78 Å². The van der Waals surface area contributed by atoms with Crippen LogP contribution in [0.15, 0.2) is 66.7 Å². The first-order valence-electron chi connectivity index (χ1n) is 8.72. The van der Waals surface area contributed by atoms with E-state index in [0.29, 0.717) is 22.4 Å². The number of halogens is 2. The molecule has 0 saturated heterocycles. The Morgan fingerprint density at radius 2 is 1.83 bits per heavy atom. The number of methoxy groups -OCH3 is 1. The van der Waals surface area contributed by atoms with Crippen molar-refractivity contribution in [2.24, 2.45) is 0 Å². The van der Waals surface area contributed by atoms with Crippen LogP contribution < -0.4 is 9.47 Å². The highest BCUT2D eigenvalue weighted by Crippen LogP contribution is 2.25. The molecule has 0 amide bonds. The van der Waals surface area contributed by atoms with E-state index in [0.717, 1.165) is 12.1 Å². The summed E-state index contributed by atoms with van der Waals surface area (Å²) in [6, 6.07) is 14.4. The maximum atomic E-state index is 13.8. The Kier molecular flexibility index (Phi) is 6.24. The lowest BCUT2D eigenvalue weighted by Gasteiger charge is -2.12. The first-order chi connectivity index (χ1) is 14.0. The molecule has 29 heavy (non-hydrogen) atoms. The van der Waals surface area contributed by atoms with Gasteiger partial charge in [-0.2, -0.15) is 0 Å². The number of ether oxygens (including phenoxy) is 2. The molecule has 6 heteroatoms. The molecule has 3 aromatic rings. The fourth-order valence-corrected chi connectivity index (χ4v) is 2.69. The summed E-state index contributed by atoms with van der Waals surface area (Å²) in [5.41, 5.74) is 1.70. The summed E-state index contributed by atoms with van der Waals surface area (Å²) >= 11 is 0. The first-order valence-corrected chi connectivity index (χ1v) is 8.72. The van der Waals surface area contributed by atoms with Crippen molar-refractivity contribution in [3.05, 3.63) is 95.1 Å². The van der Waals surface area contributed by atoms with Gasteiger partial charge in [-0.15, -0.1) is 0 Å². The molecule has 0 bridgehead atoms. The monoisotopic (exact) mass is 396 g/mol. The smallest absolute Gasteiger partial charge is 0.185 e. The van der Waals surface area contributed by atoms with Crippen molar-refractivity contribution >= 4 is 11.9 Å². The number of ketones is 1. The van der Waals surface area contributed by atoms with Crippen LogP contribution in [-0.4, -0.2) is 18.0 Å². The van der Waals surface area contributed by atoms with Crippen molar-refractivity contribution in [1.29, 1.82) is 0 Å². The van der Waals surface area contributed by atoms with Crippen molar-refractivity contribution in [3.8, 4) is 17.2 Å². The number of aromatic hydroxyl groups is 1. The van der Waals surface area contributed by atoms with E-state index in [1.807, 2.05) is 0 Å². The van der Waals surface area contributed by atoms with Crippen molar-refractivity contribution in [3.63, 3.8) is 0 Å². The van der Waals surface area contributed by atoms with E-state index in [4.69, 9.17) is 9.47 Å². The molecule has 0 aliphatic rings. The minimum atomic E-state index is -0.795. The minimum absolute atomic E-state index is 0.00604. The van der Waals surface area contributed by atoms with Crippen LogP contribution in [-0.2, 0) is 6.61 Å². The van der Waals surface area contributed by atoms with Crippen molar-refractivity contribution < 1.29 is 28.2 Å². The molecule has 4 nitrogen and oxygen atoms in total. The van der Waals surface area contributed by atoms with Gasteiger partial charge in [0.1, 0.15) is 23.9 Å². The Labute approximate surface area is 166 Å². The third-order valence-corrected chi connectivity index (χ3v) is 4.14. The highest BCUT2D eigenvalue weighted by atomic mass is 19.1. The number of hydrogen-bond acceptors (Lipinski definition) is 4. The van der Waals surface area contributed by atoms with Crippen molar-refractivity contribution in [1.82, 2.24) is 0 Å². The van der Waals surface area contributed by atoms with Gasteiger partial charge in [-0.05, 0) is 48.0 Å². The third kappa shape index (κ3) is 5.19. The van der Waals surface area contributed by atoms with Crippen LogP contribution in [0.1, 0.15) is 21.5 Å².